The van der Waals surface area contributed by atoms with Crippen LogP contribution in [0.4, 0.5) is 5.69 Å². The van der Waals surface area contributed by atoms with Gasteiger partial charge < -0.3 is 10.2 Å². The van der Waals surface area contributed by atoms with Crippen molar-refractivity contribution in [2.24, 2.45) is 0 Å². The van der Waals surface area contributed by atoms with Crippen molar-refractivity contribution in [1.29, 1.82) is 0 Å². The van der Waals surface area contributed by atoms with Crippen molar-refractivity contribution in [1.82, 2.24) is 4.98 Å². The van der Waals surface area contributed by atoms with Crippen LogP contribution in [0.2, 0.25) is 0 Å². The molecule has 4 heteroatoms. The first-order valence-electron chi connectivity index (χ1n) is 5.56. The highest BCUT2D eigenvalue weighted by molar-refractivity contribution is 9.10. The SMILES string of the molecule is Cc1ccc(-c2nc3cc(Br)ccc3o2)cc1N. The minimum Gasteiger partial charge on any atom is -0.436 e. The zero-order valence-corrected chi connectivity index (χ0v) is 11.4. The van der Waals surface area contributed by atoms with Gasteiger partial charge in [-0.2, -0.15) is 0 Å². The number of benzene rings is 2. The molecule has 3 aromatic rings. The molecule has 0 bridgehead atoms. The number of aromatic nitrogens is 1. The molecule has 0 aliphatic heterocycles. The lowest BCUT2D eigenvalue weighted by Crippen LogP contribution is -1.89. The Morgan fingerprint density at radius 2 is 2.00 bits per heavy atom. The van der Waals surface area contributed by atoms with Crippen LogP contribution in [0.5, 0.6) is 0 Å². The first kappa shape index (κ1) is 11.3. The molecule has 0 saturated heterocycles. The smallest absolute Gasteiger partial charge is 0.227 e. The lowest BCUT2D eigenvalue weighted by Gasteiger charge is -2.00. The lowest BCUT2D eigenvalue weighted by molar-refractivity contribution is 0.620. The third-order valence-electron chi connectivity index (χ3n) is 2.88. The molecule has 90 valence electrons. The van der Waals surface area contributed by atoms with Crippen molar-refractivity contribution in [3.63, 3.8) is 0 Å². The third kappa shape index (κ3) is 1.88. The molecular weight excluding hydrogens is 292 g/mol. The van der Waals surface area contributed by atoms with Crippen molar-refractivity contribution in [3.8, 4) is 11.5 Å². The molecule has 0 amide bonds. The van der Waals surface area contributed by atoms with Crippen LogP contribution in [-0.2, 0) is 0 Å². The molecule has 1 heterocycles. The first-order chi connectivity index (χ1) is 8.63. The number of oxazole rings is 1. The second-order valence-corrected chi connectivity index (χ2v) is 5.12. The van der Waals surface area contributed by atoms with E-state index < -0.39 is 0 Å². The second-order valence-electron chi connectivity index (χ2n) is 4.20. The fourth-order valence-electron chi connectivity index (χ4n) is 1.80. The summed E-state index contributed by atoms with van der Waals surface area (Å²) in [7, 11) is 0. The van der Waals surface area contributed by atoms with Gasteiger partial charge in [0.05, 0.1) is 0 Å². The molecule has 0 saturated carbocycles. The number of rotatable bonds is 1. The van der Waals surface area contributed by atoms with Gasteiger partial charge in [0.1, 0.15) is 5.52 Å². The highest BCUT2D eigenvalue weighted by atomic mass is 79.9. The number of aryl methyl sites for hydroxylation is 1. The van der Waals surface area contributed by atoms with E-state index in [9.17, 15) is 0 Å². The maximum atomic E-state index is 5.90. The lowest BCUT2D eigenvalue weighted by atomic mass is 10.1. The largest absolute Gasteiger partial charge is 0.436 e. The Bertz CT molecular complexity index is 734. The molecule has 0 atom stereocenters. The van der Waals surface area contributed by atoms with Crippen LogP contribution >= 0.6 is 15.9 Å². The molecule has 2 N–H and O–H groups in total. The van der Waals surface area contributed by atoms with Gasteiger partial charge in [0.15, 0.2) is 5.58 Å². The van der Waals surface area contributed by atoms with E-state index in [1.807, 2.05) is 43.3 Å². The highest BCUT2D eigenvalue weighted by Gasteiger charge is 2.09. The maximum absolute atomic E-state index is 5.90. The standard InChI is InChI=1S/C14H11BrN2O/c1-8-2-3-9(6-11(8)16)14-17-12-7-10(15)4-5-13(12)18-14/h2-7H,16H2,1H3. The molecule has 0 radical (unpaired) electrons. The second kappa shape index (κ2) is 4.14. The van der Waals surface area contributed by atoms with Crippen molar-refractivity contribution < 1.29 is 4.42 Å². The van der Waals surface area contributed by atoms with Crippen molar-refractivity contribution >= 4 is 32.7 Å². The summed E-state index contributed by atoms with van der Waals surface area (Å²) >= 11 is 3.42. The number of anilines is 1. The summed E-state index contributed by atoms with van der Waals surface area (Å²) in [6.07, 6.45) is 0. The molecule has 1 aromatic heterocycles. The molecule has 0 aliphatic rings. The van der Waals surface area contributed by atoms with Gasteiger partial charge in [-0.25, -0.2) is 4.98 Å². The van der Waals surface area contributed by atoms with Crippen LogP contribution in [0.1, 0.15) is 5.56 Å². The van der Waals surface area contributed by atoms with E-state index in [-0.39, 0.29) is 0 Å². The fourth-order valence-corrected chi connectivity index (χ4v) is 2.15. The Hall–Kier alpha value is -1.81. The average molecular weight is 303 g/mol. The topological polar surface area (TPSA) is 52.0 Å². The number of nitrogen functional groups attached to an aromatic ring is 1. The van der Waals surface area contributed by atoms with E-state index >= 15 is 0 Å². The summed E-state index contributed by atoms with van der Waals surface area (Å²) in [5.74, 6) is 0.592. The molecule has 3 nitrogen and oxygen atoms in total. The van der Waals surface area contributed by atoms with Crippen molar-refractivity contribution in [3.05, 3.63) is 46.4 Å². The Balaban J connectivity index is 2.16. The molecule has 0 fully saturated rings. The minimum atomic E-state index is 0.592. The number of halogens is 1. The zero-order valence-electron chi connectivity index (χ0n) is 9.77. The van der Waals surface area contributed by atoms with Crippen LogP contribution < -0.4 is 5.73 Å². The van der Waals surface area contributed by atoms with Crippen LogP contribution in [0.25, 0.3) is 22.6 Å². The Morgan fingerprint density at radius 3 is 2.78 bits per heavy atom. The third-order valence-corrected chi connectivity index (χ3v) is 3.37. The van der Waals surface area contributed by atoms with E-state index in [0.29, 0.717) is 5.89 Å². The normalized spacial score (nSPS) is 11.0. The van der Waals surface area contributed by atoms with E-state index in [1.165, 1.54) is 0 Å². The van der Waals surface area contributed by atoms with Gasteiger partial charge in [0.2, 0.25) is 5.89 Å². The van der Waals surface area contributed by atoms with Crippen molar-refractivity contribution in [2.45, 2.75) is 6.92 Å². The van der Waals surface area contributed by atoms with Crippen molar-refractivity contribution in [2.75, 3.05) is 5.73 Å². The van der Waals surface area contributed by atoms with Gasteiger partial charge in [-0.1, -0.05) is 22.0 Å². The quantitative estimate of drug-likeness (QED) is 0.687. The van der Waals surface area contributed by atoms with Gasteiger partial charge in [0.25, 0.3) is 0 Å². The van der Waals surface area contributed by atoms with Crippen LogP contribution in [-0.4, -0.2) is 4.98 Å². The zero-order chi connectivity index (χ0) is 12.7. The van der Waals surface area contributed by atoms with E-state index in [1.54, 1.807) is 0 Å². The summed E-state index contributed by atoms with van der Waals surface area (Å²) in [5, 5.41) is 0. The Kier molecular flexibility index (Phi) is 2.59. The number of hydrogen-bond acceptors (Lipinski definition) is 3. The minimum absolute atomic E-state index is 0.592. The maximum Gasteiger partial charge on any atom is 0.227 e. The van der Waals surface area contributed by atoms with Gasteiger partial charge in [-0.3, -0.25) is 0 Å². The van der Waals surface area contributed by atoms with Gasteiger partial charge >= 0.3 is 0 Å². The Morgan fingerprint density at radius 1 is 1.17 bits per heavy atom. The van der Waals surface area contributed by atoms with E-state index in [0.717, 1.165) is 32.4 Å². The summed E-state index contributed by atoms with van der Waals surface area (Å²) in [5.41, 5.74) is 10.2. The predicted molar refractivity (Wildman–Crippen MR) is 76.3 cm³/mol. The van der Waals surface area contributed by atoms with Crippen LogP contribution in [0, 0.1) is 6.92 Å². The number of hydrogen-bond donors (Lipinski definition) is 1. The molecule has 0 spiro atoms. The molecule has 3 rings (SSSR count). The molecule has 0 aliphatic carbocycles. The first-order valence-corrected chi connectivity index (χ1v) is 6.35. The molecule has 2 aromatic carbocycles. The van der Waals surface area contributed by atoms with Gasteiger partial charge in [-0.05, 0) is 42.8 Å². The number of fused-ring (bicyclic) bond motifs is 1. The van der Waals surface area contributed by atoms with Crippen LogP contribution in [0.15, 0.2) is 45.3 Å². The Labute approximate surface area is 113 Å². The van der Waals surface area contributed by atoms with E-state index in [4.69, 9.17) is 10.2 Å². The summed E-state index contributed by atoms with van der Waals surface area (Å²) in [4.78, 5) is 4.46. The summed E-state index contributed by atoms with van der Waals surface area (Å²) < 4.78 is 6.70. The highest BCUT2D eigenvalue weighted by Crippen LogP contribution is 2.28. The molecule has 0 unspecified atom stereocenters. The van der Waals surface area contributed by atoms with E-state index in [2.05, 4.69) is 20.9 Å². The van der Waals surface area contributed by atoms with Gasteiger partial charge in [-0.15, -0.1) is 0 Å². The summed E-state index contributed by atoms with van der Waals surface area (Å²) in [6, 6.07) is 11.6. The monoisotopic (exact) mass is 302 g/mol. The number of nitrogens with two attached hydrogens (primary N) is 1. The van der Waals surface area contributed by atoms with Gasteiger partial charge in [0, 0.05) is 15.7 Å². The predicted octanol–water partition coefficient (Wildman–Crippen LogP) is 4.15. The fraction of sp³-hybridized carbons (Fsp3) is 0.0714. The number of nitrogens with zero attached hydrogens (tertiary/aromatic N) is 1. The summed E-state index contributed by atoms with van der Waals surface area (Å²) in [6.45, 7) is 1.97. The molecule has 18 heavy (non-hydrogen) atoms. The van der Waals surface area contributed by atoms with Crippen LogP contribution in [0.3, 0.4) is 0 Å². The average Bonchev–Trinajstić information content (AvgIpc) is 2.75. The molecular formula is C14H11BrN2O.